The third-order valence-electron chi connectivity index (χ3n) is 4.70. The number of rotatable bonds is 4. The summed E-state index contributed by atoms with van der Waals surface area (Å²) in [5.74, 6) is -0.666. The van der Waals surface area contributed by atoms with Gasteiger partial charge in [0, 0.05) is 0 Å². The van der Waals surface area contributed by atoms with E-state index in [9.17, 15) is 22.8 Å². The van der Waals surface area contributed by atoms with Crippen LogP contribution >= 0.6 is 0 Å². The minimum Gasteiger partial charge on any atom is -0.376 e. The molecule has 0 aliphatic carbocycles. The fraction of sp³-hybridized carbons (Fsp3) is 0.529. The SMILES string of the molecule is CN(C)C1NC(=O)CC(C(=O)NC2(c3ccc(C(F)(F)F)cc3)COC2)N1. The molecule has 0 saturated carbocycles. The third kappa shape index (κ3) is 4.07. The summed E-state index contributed by atoms with van der Waals surface area (Å²) in [7, 11) is 3.50. The molecule has 0 aromatic heterocycles. The van der Waals surface area contributed by atoms with E-state index in [2.05, 4.69) is 16.0 Å². The zero-order valence-electron chi connectivity index (χ0n) is 14.9. The standard InChI is InChI=1S/C17H21F3N4O3/c1-24(2)15-21-12(7-13(25)22-15)14(26)23-16(8-27-9-16)10-3-5-11(6-4-10)17(18,19)20/h3-6,12,15,21H,7-9H2,1-2H3,(H,22,25)(H,23,26). The zero-order valence-corrected chi connectivity index (χ0v) is 14.9. The Hall–Kier alpha value is -2.17. The lowest BCUT2D eigenvalue weighted by atomic mass is 9.86. The number of hydrogen-bond donors (Lipinski definition) is 3. The van der Waals surface area contributed by atoms with Gasteiger partial charge in [-0.15, -0.1) is 0 Å². The molecule has 2 aliphatic heterocycles. The van der Waals surface area contributed by atoms with Crippen LogP contribution in [0.15, 0.2) is 24.3 Å². The van der Waals surface area contributed by atoms with Crippen LogP contribution < -0.4 is 16.0 Å². The highest BCUT2D eigenvalue weighted by Gasteiger charge is 2.44. The van der Waals surface area contributed by atoms with Crippen LogP contribution in [0.1, 0.15) is 17.5 Å². The van der Waals surface area contributed by atoms with Gasteiger partial charge >= 0.3 is 6.18 Å². The average Bonchev–Trinajstić information content (AvgIpc) is 2.56. The van der Waals surface area contributed by atoms with Gasteiger partial charge in [-0.25, -0.2) is 0 Å². The molecule has 7 nitrogen and oxygen atoms in total. The summed E-state index contributed by atoms with van der Waals surface area (Å²) in [5.41, 5.74) is -1.13. The van der Waals surface area contributed by atoms with E-state index >= 15 is 0 Å². The summed E-state index contributed by atoms with van der Waals surface area (Å²) in [6, 6.07) is 3.90. The molecule has 2 atom stereocenters. The van der Waals surface area contributed by atoms with Gasteiger partial charge in [-0.05, 0) is 31.8 Å². The van der Waals surface area contributed by atoms with Crippen LogP contribution in [0.3, 0.4) is 0 Å². The van der Waals surface area contributed by atoms with E-state index in [-0.39, 0.29) is 25.5 Å². The molecule has 2 unspecified atom stereocenters. The maximum atomic E-state index is 12.8. The second-order valence-electron chi connectivity index (χ2n) is 7.00. The summed E-state index contributed by atoms with van der Waals surface area (Å²) in [6.45, 7) is 0.306. The van der Waals surface area contributed by atoms with Crippen LogP contribution in [0, 0.1) is 0 Å². The smallest absolute Gasteiger partial charge is 0.376 e. The Balaban J connectivity index is 1.74. The number of alkyl halides is 3. The van der Waals surface area contributed by atoms with E-state index in [1.165, 1.54) is 12.1 Å². The fourth-order valence-electron chi connectivity index (χ4n) is 3.05. The molecule has 2 amide bonds. The molecule has 1 aromatic rings. The first kappa shape index (κ1) is 19.6. The Kier molecular flexibility index (Phi) is 5.15. The summed E-state index contributed by atoms with van der Waals surface area (Å²) >= 11 is 0. The quantitative estimate of drug-likeness (QED) is 0.697. The van der Waals surface area contributed by atoms with E-state index in [0.717, 1.165) is 12.1 Å². The van der Waals surface area contributed by atoms with Crippen LogP contribution in [0.5, 0.6) is 0 Å². The van der Waals surface area contributed by atoms with E-state index in [0.29, 0.717) is 5.56 Å². The normalized spacial score (nSPS) is 24.9. The van der Waals surface area contributed by atoms with E-state index < -0.39 is 35.5 Å². The lowest BCUT2D eigenvalue weighted by molar-refractivity contribution is -0.141. The van der Waals surface area contributed by atoms with Gasteiger partial charge < -0.3 is 15.4 Å². The number of carbonyl (C=O) groups excluding carboxylic acids is 2. The Bertz CT molecular complexity index is 717. The first-order valence-corrected chi connectivity index (χ1v) is 8.40. The summed E-state index contributed by atoms with van der Waals surface area (Å²) in [5, 5.41) is 8.58. The van der Waals surface area contributed by atoms with Gasteiger partial charge in [-0.2, -0.15) is 13.2 Å². The van der Waals surface area contributed by atoms with E-state index in [1.54, 1.807) is 19.0 Å². The molecule has 0 bridgehead atoms. The molecule has 3 rings (SSSR count). The second-order valence-corrected chi connectivity index (χ2v) is 7.00. The van der Waals surface area contributed by atoms with Crippen molar-refractivity contribution >= 4 is 11.8 Å². The number of carbonyl (C=O) groups is 2. The molecule has 2 heterocycles. The molecule has 1 aromatic carbocycles. The number of nitrogens with one attached hydrogen (secondary N) is 3. The van der Waals surface area contributed by atoms with Gasteiger partial charge in [-0.1, -0.05) is 12.1 Å². The van der Waals surface area contributed by atoms with Crippen molar-refractivity contribution in [2.75, 3.05) is 27.3 Å². The topological polar surface area (TPSA) is 82.7 Å². The molecule has 2 aliphatic rings. The van der Waals surface area contributed by atoms with Gasteiger partial charge in [0.1, 0.15) is 11.8 Å². The van der Waals surface area contributed by atoms with Crippen molar-refractivity contribution in [1.29, 1.82) is 0 Å². The number of benzene rings is 1. The molecule has 0 spiro atoms. The van der Waals surface area contributed by atoms with Gasteiger partial charge in [0.25, 0.3) is 0 Å². The lowest BCUT2D eigenvalue weighted by Crippen LogP contribution is -2.68. The van der Waals surface area contributed by atoms with Gasteiger partial charge in [0.05, 0.1) is 31.2 Å². The van der Waals surface area contributed by atoms with Crippen molar-refractivity contribution in [3.05, 3.63) is 35.4 Å². The number of ether oxygens (including phenoxy) is 1. The molecule has 10 heteroatoms. The Morgan fingerprint density at radius 3 is 2.37 bits per heavy atom. The highest BCUT2D eigenvalue weighted by atomic mass is 19.4. The van der Waals surface area contributed by atoms with E-state index in [1.807, 2.05) is 0 Å². The summed E-state index contributed by atoms with van der Waals surface area (Å²) in [4.78, 5) is 26.3. The number of nitrogens with zero attached hydrogens (tertiary/aromatic N) is 1. The molecule has 148 valence electrons. The monoisotopic (exact) mass is 386 g/mol. The Labute approximate surface area is 154 Å². The van der Waals surface area contributed by atoms with Crippen molar-refractivity contribution in [3.8, 4) is 0 Å². The van der Waals surface area contributed by atoms with Crippen molar-refractivity contribution in [1.82, 2.24) is 20.9 Å². The van der Waals surface area contributed by atoms with Gasteiger partial charge in [0.2, 0.25) is 11.8 Å². The predicted molar refractivity (Wildman–Crippen MR) is 89.2 cm³/mol. The van der Waals surface area contributed by atoms with E-state index in [4.69, 9.17) is 4.74 Å². The maximum absolute atomic E-state index is 12.8. The van der Waals surface area contributed by atoms with Crippen LogP contribution in [0.4, 0.5) is 13.2 Å². The minimum atomic E-state index is -4.42. The largest absolute Gasteiger partial charge is 0.416 e. The molecular weight excluding hydrogens is 365 g/mol. The first-order valence-electron chi connectivity index (χ1n) is 8.40. The number of halogens is 3. The first-order chi connectivity index (χ1) is 12.6. The molecule has 2 saturated heterocycles. The summed E-state index contributed by atoms with van der Waals surface area (Å²) in [6.07, 6.45) is -4.94. The predicted octanol–water partition coefficient (Wildman–Crippen LogP) is 0.370. The average molecular weight is 386 g/mol. The highest BCUT2D eigenvalue weighted by molar-refractivity contribution is 5.90. The molecular formula is C17H21F3N4O3. The lowest BCUT2D eigenvalue weighted by Gasteiger charge is -2.44. The van der Waals surface area contributed by atoms with Crippen LogP contribution in [0.25, 0.3) is 0 Å². The zero-order chi connectivity index (χ0) is 19.8. The van der Waals surface area contributed by atoms with Crippen molar-refractivity contribution < 1.29 is 27.5 Å². The Morgan fingerprint density at radius 2 is 1.89 bits per heavy atom. The fourth-order valence-corrected chi connectivity index (χ4v) is 3.05. The Morgan fingerprint density at radius 1 is 1.26 bits per heavy atom. The van der Waals surface area contributed by atoms with Gasteiger partial charge in [0.15, 0.2) is 0 Å². The maximum Gasteiger partial charge on any atom is 0.416 e. The minimum absolute atomic E-state index is 0.0277. The highest BCUT2D eigenvalue weighted by Crippen LogP contribution is 2.34. The molecule has 27 heavy (non-hydrogen) atoms. The molecule has 2 fully saturated rings. The summed E-state index contributed by atoms with van der Waals surface area (Å²) < 4.78 is 43.5. The number of hydrogen-bond acceptors (Lipinski definition) is 5. The van der Waals surface area contributed by atoms with Crippen LogP contribution in [0.2, 0.25) is 0 Å². The molecule has 0 radical (unpaired) electrons. The van der Waals surface area contributed by atoms with Crippen molar-refractivity contribution in [3.63, 3.8) is 0 Å². The second kappa shape index (κ2) is 7.10. The third-order valence-corrected chi connectivity index (χ3v) is 4.70. The van der Waals surface area contributed by atoms with Crippen LogP contribution in [-0.2, 0) is 26.0 Å². The van der Waals surface area contributed by atoms with Crippen molar-refractivity contribution in [2.45, 2.75) is 30.5 Å². The molecule has 3 N–H and O–H groups in total. The van der Waals surface area contributed by atoms with Gasteiger partial charge in [-0.3, -0.25) is 19.8 Å². The van der Waals surface area contributed by atoms with Crippen LogP contribution in [-0.4, -0.2) is 56.4 Å². The van der Waals surface area contributed by atoms with Crippen molar-refractivity contribution in [2.24, 2.45) is 0 Å². The number of amides is 2.